The largest absolute Gasteiger partial charge is 0.468 e. The molecule has 0 bridgehead atoms. The van der Waals surface area contributed by atoms with E-state index in [1.165, 1.54) is 0 Å². The smallest absolute Gasteiger partial charge is 0.353 e. The number of hydrogen-bond donors (Lipinski definition) is 0. The number of aliphatic imine (C=N–C) groups is 1. The van der Waals surface area contributed by atoms with E-state index in [0.717, 1.165) is 14.2 Å². The summed E-state index contributed by atoms with van der Waals surface area (Å²) in [7, 11) is 2.30. The Hall–Kier alpha value is -2.50. The van der Waals surface area contributed by atoms with Crippen LogP contribution in [0.15, 0.2) is 29.3 Å². The molecule has 1 aromatic carbocycles. The first kappa shape index (κ1) is 12.9. The Kier molecular flexibility index (Phi) is 3.41. The first-order valence-electron chi connectivity index (χ1n) is 5.48. The van der Waals surface area contributed by atoms with Crippen LogP contribution >= 0.6 is 0 Å². The number of nitrogens with zero attached hydrogens (tertiary/aromatic N) is 1. The van der Waals surface area contributed by atoms with Gasteiger partial charge in [-0.3, -0.25) is 9.59 Å². The third kappa shape index (κ3) is 2.12. The van der Waals surface area contributed by atoms with Crippen LogP contribution < -0.4 is 0 Å². The summed E-state index contributed by atoms with van der Waals surface area (Å²) >= 11 is 0. The highest BCUT2D eigenvalue weighted by Crippen LogP contribution is 2.29. The Balaban J connectivity index is 2.59. The molecule has 19 heavy (non-hydrogen) atoms. The monoisotopic (exact) mass is 261 g/mol. The summed E-state index contributed by atoms with van der Waals surface area (Å²) in [6.07, 6.45) is 0. The van der Waals surface area contributed by atoms with Gasteiger partial charge in [0.1, 0.15) is 5.71 Å². The fraction of sp³-hybridized carbons (Fsp3) is 0.231. The van der Waals surface area contributed by atoms with Crippen molar-refractivity contribution >= 4 is 29.1 Å². The molecular formula is C13H11NO5. The van der Waals surface area contributed by atoms with Crippen LogP contribution in [0.1, 0.15) is 10.4 Å². The average Bonchev–Trinajstić information content (AvgIpc) is 2.45. The Labute approximate surface area is 109 Å². The zero-order valence-electron chi connectivity index (χ0n) is 10.4. The Morgan fingerprint density at radius 3 is 2.47 bits per heavy atom. The molecule has 0 aromatic heterocycles. The number of methoxy groups -OCH3 is 2. The van der Waals surface area contributed by atoms with Gasteiger partial charge in [0.15, 0.2) is 11.7 Å². The van der Waals surface area contributed by atoms with Crippen LogP contribution in [0, 0.1) is 5.92 Å². The lowest BCUT2D eigenvalue weighted by Crippen LogP contribution is -2.39. The SMILES string of the molecule is COC(=O)C1=Nc2ccccc2C(=O)C1C(=O)OC. The number of esters is 2. The predicted molar refractivity (Wildman–Crippen MR) is 65.4 cm³/mol. The van der Waals surface area contributed by atoms with Crippen LogP contribution in [0.3, 0.4) is 0 Å². The van der Waals surface area contributed by atoms with Gasteiger partial charge in [0.25, 0.3) is 0 Å². The molecule has 0 saturated carbocycles. The summed E-state index contributed by atoms with van der Waals surface area (Å²) in [6.45, 7) is 0. The number of benzene rings is 1. The van der Waals surface area contributed by atoms with E-state index in [1.54, 1.807) is 24.3 Å². The molecule has 0 amide bonds. The standard InChI is InChI=1S/C13H11NO5/c1-18-12(16)9-10(13(17)19-2)14-8-6-4-3-5-7(8)11(9)15/h3-6,9H,1-2H3. The Bertz CT molecular complexity index is 590. The molecule has 0 saturated heterocycles. The zero-order valence-corrected chi connectivity index (χ0v) is 10.4. The van der Waals surface area contributed by atoms with E-state index in [9.17, 15) is 14.4 Å². The van der Waals surface area contributed by atoms with Crippen molar-refractivity contribution in [2.24, 2.45) is 10.9 Å². The molecule has 0 radical (unpaired) electrons. The summed E-state index contributed by atoms with van der Waals surface area (Å²) in [5.74, 6) is -3.54. The molecule has 6 nitrogen and oxygen atoms in total. The van der Waals surface area contributed by atoms with Gasteiger partial charge in [-0.2, -0.15) is 0 Å². The predicted octanol–water partition coefficient (Wildman–Crippen LogP) is 0.918. The molecule has 1 unspecified atom stereocenters. The van der Waals surface area contributed by atoms with E-state index < -0.39 is 23.6 Å². The van der Waals surface area contributed by atoms with E-state index in [2.05, 4.69) is 14.5 Å². The van der Waals surface area contributed by atoms with Crippen molar-refractivity contribution in [3.8, 4) is 0 Å². The van der Waals surface area contributed by atoms with Crippen molar-refractivity contribution in [2.45, 2.75) is 0 Å². The average molecular weight is 261 g/mol. The van der Waals surface area contributed by atoms with E-state index in [4.69, 9.17) is 0 Å². The molecule has 98 valence electrons. The lowest BCUT2D eigenvalue weighted by atomic mass is 9.89. The van der Waals surface area contributed by atoms with Gasteiger partial charge in [0.2, 0.25) is 0 Å². The maximum Gasteiger partial charge on any atom is 0.353 e. The van der Waals surface area contributed by atoms with Crippen LogP contribution in [-0.2, 0) is 19.1 Å². The highest BCUT2D eigenvalue weighted by molar-refractivity contribution is 6.48. The summed E-state index contributed by atoms with van der Waals surface area (Å²) in [5, 5.41) is 0. The number of Topliss-reactive ketones (excluding diaryl/α,β-unsaturated/α-hetero) is 1. The molecule has 6 heteroatoms. The van der Waals surface area contributed by atoms with Crippen molar-refractivity contribution in [3.63, 3.8) is 0 Å². The molecule has 0 aliphatic carbocycles. The number of carbonyl (C=O) groups excluding carboxylic acids is 3. The van der Waals surface area contributed by atoms with Gasteiger partial charge in [0, 0.05) is 5.56 Å². The van der Waals surface area contributed by atoms with E-state index in [-0.39, 0.29) is 11.3 Å². The molecule has 1 aliphatic heterocycles. The number of para-hydroxylation sites is 1. The summed E-state index contributed by atoms with van der Waals surface area (Å²) in [5.41, 5.74) is 0.372. The maximum atomic E-state index is 12.3. The minimum Gasteiger partial charge on any atom is -0.468 e. The number of fused-ring (bicyclic) bond motifs is 1. The third-order valence-electron chi connectivity index (χ3n) is 2.78. The number of carbonyl (C=O) groups is 3. The van der Waals surface area contributed by atoms with Crippen LogP contribution in [0.5, 0.6) is 0 Å². The van der Waals surface area contributed by atoms with Crippen molar-refractivity contribution in [2.75, 3.05) is 14.2 Å². The Morgan fingerprint density at radius 1 is 1.16 bits per heavy atom. The lowest BCUT2D eigenvalue weighted by molar-refractivity contribution is -0.143. The van der Waals surface area contributed by atoms with Crippen LogP contribution in [0.4, 0.5) is 5.69 Å². The molecule has 2 rings (SSSR count). The van der Waals surface area contributed by atoms with Gasteiger partial charge in [0.05, 0.1) is 19.9 Å². The maximum absolute atomic E-state index is 12.3. The second kappa shape index (κ2) is 5.01. The van der Waals surface area contributed by atoms with Crippen molar-refractivity contribution in [3.05, 3.63) is 29.8 Å². The summed E-state index contributed by atoms with van der Waals surface area (Å²) in [6, 6.07) is 6.47. The first-order valence-corrected chi connectivity index (χ1v) is 5.48. The quantitative estimate of drug-likeness (QED) is 0.584. The molecular weight excluding hydrogens is 250 g/mol. The number of ketones is 1. The third-order valence-corrected chi connectivity index (χ3v) is 2.78. The first-order chi connectivity index (χ1) is 9.10. The minimum absolute atomic E-state index is 0.252. The molecule has 1 heterocycles. The van der Waals surface area contributed by atoms with E-state index in [0.29, 0.717) is 5.69 Å². The van der Waals surface area contributed by atoms with Crippen molar-refractivity contribution in [1.82, 2.24) is 0 Å². The molecule has 1 aromatic rings. The molecule has 0 fully saturated rings. The number of ether oxygens (including phenoxy) is 2. The van der Waals surface area contributed by atoms with Crippen LogP contribution in [0.2, 0.25) is 0 Å². The van der Waals surface area contributed by atoms with Gasteiger partial charge < -0.3 is 9.47 Å². The summed E-state index contributed by atoms with van der Waals surface area (Å²) in [4.78, 5) is 39.6. The number of hydrogen-bond acceptors (Lipinski definition) is 6. The Morgan fingerprint density at radius 2 is 1.84 bits per heavy atom. The van der Waals surface area contributed by atoms with Gasteiger partial charge in [-0.25, -0.2) is 9.79 Å². The molecule has 1 atom stereocenters. The zero-order chi connectivity index (χ0) is 14.0. The number of rotatable bonds is 2. The fourth-order valence-corrected chi connectivity index (χ4v) is 1.86. The minimum atomic E-state index is -1.37. The topological polar surface area (TPSA) is 82.0 Å². The lowest BCUT2D eigenvalue weighted by Gasteiger charge is -2.20. The summed E-state index contributed by atoms with van der Waals surface area (Å²) < 4.78 is 9.10. The van der Waals surface area contributed by atoms with Gasteiger partial charge in [-0.1, -0.05) is 12.1 Å². The van der Waals surface area contributed by atoms with E-state index in [1.807, 2.05) is 0 Å². The van der Waals surface area contributed by atoms with Gasteiger partial charge >= 0.3 is 11.9 Å². The highest BCUT2D eigenvalue weighted by atomic mass is 16.5. The molecule has 1 aliphatic rings. The van der Waals surface area contributed by atoms with Gasteiger partial charge in [-0.15, -0.1) is 0 Å². The second-order valence-corrected chi connectivity index (χ2v) is 3.83. The van der Waals surface area contributed by atoms with Crippen molar-refractivity contribution < 1.29 is 23.9 Å². The molecule has 0 N–H and O–H groups in total. The fourth-order valence-electron chi connectivity index (χ4n) is 1.86. The van der Waals surface area contributed by atoms with Crippen molar-refractivity contribution in [1.29, 1.82) is 0 Å². The second-order valence-electron chi connectivity index (χ2n) is 3.83. The normalized spacial score (nSPS) is 17.3. The molecule has 0 spiro atoms. The van der Waals surface area contributed by atoms with Gasteiger partial charge in [-0.05, 0) is 12.1 Å². The highest BCUT2D eigenvalue weighted by Gasteiger charge is 2.41. The van der Waals surface area contributed by atoms with E-state index >= 15 is 0 Å². The van der Waals surface area contributed by atoms with Crippen LogP contribution in [-0.4, -0.2) is 37.7 Å². The van der Waals surface area contributed by atoms with Crippen LogP contribution in [0.25, 0.3) is 0 Å².